The maximum Gasteiger partial charge on any atom is 0.148 e. The fourth-order valence-corrected chi connectivity index (χ4v) is 1.35. The monoisotopic (exact) mass is 243 g/mol. The summed E-state index contributed by atoms with van der Waals surface area (Å²) in [4.78, 5) is 0. The molecule has 17 heavy (non-hydrogen) atoms. The van der Waals surface area contributed by atoms with Gasteiger partial charge in [-0.1, -0.05) is 0 Å². The molecule has 0 aromatic carbocycles. The average Bonchev–Trinajstić information content (AvgIpc) is 2.70. The molecule has 0 radical (unpaired) electrons. The molecule has 0 aliphatic heterocycles. The number of aryl methyl sites for hydroxylation is 1. The molecule has 1 rings (SSSR count). The number of methoxy groups -OCH3 is 1. The number of aliphatic hydroxyl groups excluding tert-OH is 1. The number of rotatable bonds is 8. The standard InChI is InChI=1S/C11H21N3O3/c1-9(7-16-3)17-8-10(15)6-12-11-4-5-14(2)13-11/h4-5,9-10,15H,6-8H2,1-3H3,(H,12,13). The lowest BCUT2D eigenvalue weighted by Crippen LogP contribution is -2.28. The van der Waals surface area contributed by atoms with Crippen LogP contribution in [0.25, 0.3) is 0 Å². The Morgan fingerprint density at radius 1 is 1.53 bits per heavy atom. The summed E-state index contributed by atoms with van der Waals surface area (Å²) in [7, 11) is 3.47. The molecular weight excluding hydrogens is 222 g/mol. The first-order valence-electron chi connectivity index (χ1n) is 5.64. The molecule has 0 spiro atoms. The zero-order chi connectivity index (χ0) is 12.7. The Morgan fingerprint density at radius 3 is 2.88 bits per heavy atom. The van der Waals surface area contributed by atoms with E-state index in [2.05, 4.69) is 10.4 Å². The van der Waals surface area contributed by atoms with Gasteiger partial charge in [0.05, 0.1) is 25.4 Å². The van der Waals surface area contributed by atoms with E-state index in [0.29, 0.717) is 13.2 Å². The molecule has 2 unspecified atom stereocenters. The van der Waals surface area contributed by atoms with Crippen molar-refractivity contribution in [1.29, 1.82) is 0 Å². The van der Waals surface area contributed by atoms with Gasteiger partial charge in [0, 0.05) is 33.0 Å². The van der Waals surface area contributed by atoms with Crippen molar-refractivity contribution < 1.29 is 14.6 Å². The van der Waals surface area contributed by atoms with E-state index < -0.39 is 6.10 Å². The highest BCUT2D eigenvalue weighted by Crippen LogP contribution is 2.01. The highest BCUT2D eigenvalue weighted by molar-refractivity contribution is 5.31. The van der Waals surface area contributed by atoms with Gasteiger partial charge in [0.2, 0.25) is 0 Å². The normalized spacial score (nSPS) is 14.6. The second-order valence-corrected chi connectivity index (χ2v) is 4.01. The summed E-state index contributed by atoms with van der Waals surface area (Å²) in [6.07, 6.45) is 1.27. The summed E-state index contributed by atoms with van der Waals surface area (Å²) in [5.41, 5.74) is 0. The fourth-order valence-electron chi connectivity index (χ4n) is 1.35. The van der Waals surface area contributed by atoms with Crippen LogP contribution in [-0.4, -0.2) is 54.0 Å². The maximum absolute atomic E-state index is 9.67. The van der Waals surface area contributed by atoms with Crippen molar-refractivity contribution in [3.05, 3.63) is 12.3 Å². The minimum Gasteiger partial charge on any atom is -0.389 e. The molecule has 0 saturated carbocycles. The van der Waals surface area contributed by atoms with Crippen molar-refractivity contribution >= 4 is 5.82 Å². The highest BCUT2D eigenvalue weighted by atomic mass is 16.5. The molecule has 1 aromatic heterocycles. The Morgan fingerprint density at radius 2 is 2.29 bits per heavy atom. The van der Waals surface area contributed by atoms with Crippen LogP contribution in [-0.2, 0) is 16.5 Å². The van der Waals surface area contributed by atoms with Crippen LogP contribution in [0.3, 0.4) is 0 Å². The topological polar surface area (TPSA) is 68.5 Å². The van der Waals surface area contributed by atoms with Crippen molar-refractivity contribution in [2.24, 2.45) is 7.05 Å². The second kappa shape index (κ2) is 7.26. The molecule has 2 atom stereocenters. The zero-order valence-electron chi connectivity index (χ0n) is 10.6. The lowest BCUT2D eigenvalue weighted by atomic mass is 10.3. The Labute approximate surface area is 102 Å². The van der Waals surface area contributed by atoms with E-state index in [1.165, 1.54) is 0 Å². The van der Waals surface area contributed by atoms with Crippen molar-refractivity contribution in [2.45, 2.75) is 19.1 Å². The van der Waals surface area contributed by atoms with Crippen LogP contribution in [0.4, 0.5) is 5.82 Å². The Hall–Kier alpha value is -1.11. The zero-order valence-corrected chi connectivity index (χ0v) is 10.6. The summed E-state index contributed by atoms with van der Waals surface area (Å²) in [5, 5.41) is 16.8. The Balaban J connectivity index is 2.14. The van der Waals surface area contributed by atoms with Crippen LogP contribution in [0, 0.1) is 0 Å². The van der Waals surface area contributed by atoms with Crippen LogP contribution in [0.15, 0.2) is 12.3 Å². The van der Waals surface area contributed by atoms with Gasteiger partial charge in [-0.15, -0.1) is 0 Å². The third kappa shape index (κ3) is 5.67. The Bertz CT molecular complexity index is 317. The summed E-state index contributed by atoms with van der Waals surface area (Å²) < 4.78 is 12.0. The van der Waals surface area contributed by atoms with Crippen molar-refractivity contribution in [1.82, 2.24) is 9.78 Å². The molecule has 6 heteroatoms. The number of hydrogen-bond acceptors (Lipinski definition) is 5. The third-order valence-corrected chi connectivity index (χ3v) is 2.21. The molecular formula is C11H21N3O3. The van der Waals surface area contributed by atoms with E-state index in [9.17, 15) is 5.11 Å². The maximum atomic E-state index is 9.67. The molecule has 0 amide bonds. The van der Waals surface area contributed by atoms with Gasteiger partial charge >= 0.3 is 0 Å². The number of nitrogens with one attached hydrogen (secondary N) is 1. The fraction of sp³-hybridized carbons (Fsp3) is 0.727. The van der Waals surface area contributed by atoms with Gasteiger partial charge in [-0.05, 0) is 6.92 Å². The van der Waals surface area contributed by atoms with Gasteiger partial charge in [0.15, 0.2) is 0 Å². The van der Waals surface area contributed by atoms with E-state index in [1.54, 1.807) is 11.8 Å². The quantitative estimate of drug-likeness (QED) is 0.685. The number of aliphatic hydroxyl groups is 1. The van der Waals surface area contributed by atoms with Crippen LogP contribution >= 0.6 is 0 Å². The third-order valence-electron chi connectivity index (χ3n) is 2.21. The predicted molar refractivity (Wildman–Crippen MR) is 65.0 cm³/mol. The number of aromatic nitrogens is 2. The van der Waals surface area contributed by atoms with Crippen LogP contribution < -0.4 is 5.32 Å². The SMILES string of the molecule is COCC(C)OCC(O)CNc1ccn(C)n1. The summed E-state index contributed by atoms with van der Waals surface area (Å²) in [6, 6.07) is 1.85. The van der Waals surface area contributed by atoms with Crippen molar-refractivity contribution in [2.75, 3.05) is 32.2 Å². The first-order chi connectivity index (χ1) is 8.11. The van der Waals surface area contributed by atoms with E-state index in [4.69, 9.17) is 9.47 Å². The summed E-state index contributed by atoms with van der Waals surface area (Å²) >= 11 is 0. The lowest BCUT2D eigenvalue weighted by molar-refractivity contribution is -0.0282. The largest absolute Gasteiger partial charge is 0.389 e. The van der Waals surface area contributed by atoms with Gasteiger partial charge in [0.1, 0.15) is 5.82 Å². The molecule has 0 aliphatic carbocycles. The first kappa shape index (κ1) is 14.0. The highest BCUT2D eigenvalue weighted by Gasteiger charge is 2.08. The van der Waals surface area contributed by atoms with E-state index >= 15 is 0 Å². The van der Waals surface area contributed by atoms with Gasteiger partial charge in [0.25, 0.3) is 0 Å². The molecule has 2 N–H and O–H groups in total. The first-order valence-corrected chi connectivity index (χ1v) is 5.64. The van der Waals surface area contributed by atoms with Crippen LogP contribution in [0.1, 0.15) is 6.92 Å². The molecule has 1 heterocycles. The molecule has 98 valence electrons. The van der Waals surface area contributed by atoms with Gasteiger partial charge in [-0.25, -0.2) is 0 Å². The molecule has 0 fully saturated rings. The average molecular weight is 243 g/mol. The van der Waals surface area contributed by atoms with Crippen LogP contribution in [0.2, 0.25) is 0 Å². The predicted octanol–water partition coefficient (Wildman–Crippen LogP) is 0.244. The summed E-state index contributed by atoms with van der Waals surface area (Å²) in [6.45, 7) is 3.13. The lowest BCUT2D eigenvalue weighted by Gasteiger charge is -2.16. The minimum absolute atomic E-state index is 0.00972. The van der Waals surface area contributed by atoms with Crippen molar-refractivity contribution in [3.8, 4) is 0 Å². The molecule has 0 saturated heterocycles. The van der Waals surface area contributed by atoms with Gasteiger partial charge in [-0.3, -0.25) is 4.68 Å². The Kier molecular flexibility index (Phi) is 5.96. The van der Waals surface area contributed by atoms with Gasteiger partial charge in [-0.2, -0.15) is 5.10 Å². The second-order valence-electron chi connectivity index (χ2n) is 4.01. The number of hydrogen-bond donors (Lipinski definition) is 2. The molecule has 6 nitrogen and oxygen atoms in total. The summed E-state index contributed by atoms with van der Waals surface area (Å²) in [5.74, 6) is 0.747. The van der Waals surface area contributed by atoms with Crippen molar-refractivity contribution in [3.63, 3.8) is 0 Å². The smallest absolute Gasteiger partial charge is 0.148 e. The van der Waals surface area contributed by atoms with Crippen LogP contribution in [0.5, 0.6) is 0 Å². The molecule has 0 aliphatic rings. The molecule has 0 bridgehead atoms. The minimum atomic E-state index is -0.559. The van der Waals surface area contributed by atoms with E-state index in [1.807, 2.05) is 26.2 Å². The van der Waals surface area contributed by atoms with Gasteiger partial charge < -0.3 is 19.9 Å². The number of anilines is 1. The van der Waals surface area contributed by atoms with E-state index in [0.717, 1.165) is 5.82 Å². The number of ether oxygens (including phenoxy) is 2. The molecule has 1 aromatic rings. The number of nitrogens with zero attached hydrogens (tertiary/aromatic N) is 2. The van der Waals surface area contributed by atoms with E-state index in [-0.39, 0.29) is 12.7 Å².